The van der Waals surface area contributed by atoms with Gasteiger partial charge < -0.3 is 14.6 Å². The molecular formula is C19H17ClFN3O4. The van der Waals surface area contributed by atoms with Crippen molar-refractivity contribution in [2.24, 2.45) is 14.1 Å². The van der Waals surface area contributed by atoms with E-state index in [4.69, 9.17) is 11.6 Å². The number of carbonyl (C=O) groups is 1. The second-order valence-corrected chi connectivity index (χ2v) is 6.71. The Kier molecular flexibility index (Phi) is 4.99. The fraction of sp³-hybridized carbons (Fsp3) is 0.211. The van der Waals surface area contributed by atoms with Crippen molar-refractivity contribution in [1.29, 1.82) is 0 Å². The van der Waals surface area contributed by atoms with Gasteiger partial charge in [0.25, 0.3) is 5.56 Å². The SMILES string of the molecule is COC(=O)c1cn(C)c2c(c(Nc3ccc(C)cc3F)c(Cl)c(=O)n2C)c1=O. The summed E-state index contributed by atoms with van der Waals surface area (Å²) in [6.07, 6.45) is 1.28. The summed E-state index contributed by atoms with van der Waals surface area (Å²) in [5.41, 5.74) is -0.632. The molecule has 0 aliphatic carbocycles. The highest BCUT2D eigenvalue weighted by Crippen LogP contribution is 2.30. The Bertz CT molecular complexity index is 1250. The van der Waals surface area contributed by atoms with Crippen LogP contribution in [0.4, 0.5) is 15.8 Å². The van der Waals surface area contributed by atoms with Crippen molar-refractivity contribution in [3.63, 3.8) is 0 Å². The quantitative estimate of drug-likeness (QED) is 0.677. The molecule has 0 unspecified atom stereocenters. The average Bonchev–Trinajstić information content (AvgIpc) is 2.66. The number of benzene rings is 1. The number of anilines is 2. The van der Waals surface area contributed by atoms with Gasteiger partial charge in [-0.3, -0.25) is 14.2 Å². The van der Waals surface area contributed by atoms with Crippen LogP contribution in [0.25, 0.3) is 11.0 Å². The van der Waals surface area contributed by atoms with Crippen molar-refractivity contribution in [2.75, 3.05) is 12.4 Å². The lowest BCUT2D eigenvalue weighted by Gasteiger charge is -2.17. The van der Waals surface area contributed by atoms with E-state index in [9.17, 15) is 18.8 Å². The minimum Gasteiger partial charge on any atom is -0.465 e. The first kappa shape index (κ1) is 19.6. The smallest absolute Gasteiger partial charge is 0.343 e. The van der Waals surface area contributed by atoms with Gasteiger partial charge in [0.15, 0.2) is 0 Å². The fourth-order valence-corrected chi connectivity index (χ4v) is 3.31. The van der Waals surface area contributed by atoms with Gasteiger partial charge in [-0.25, -0.2) is 9.18 Å². The normalized spacial score (nSPS) is 10.9. The topological polar surface area (TPSA) is 82.3 Å². The third-order valence-electron chi connectivity index (χ3n) is 4.42. The Labute approximate surface area is 163 Å². The Balaban J connectivity index is 2.44. The van der Waals surface area contributed by atoms with Gasteiger partial charge in [-0.15, -0.1) is 0 Å². The molecule has 3 aromatic rings. The van der Waals surface area contributed by atoms with E-state index >= 15 is 0 Å². The zero-order chi connectivity index (χ0) is 20.7. The predicted molar refractivity (Wildman–Crippen MR) is 105 cm³/mol. The Hall–Kier alpha value is -3.13. The molecule has 0 saturated carbocycles. The van der Waals surface area contributed by atoms with E-state index in [2.05, 4.69) is 10.1 Å². The summed E-state index contributed by atoms with van der Waals surface area (Å²) in [5, 5.41) is 2.42. The summed E-state index contributed by atoms with van der Waals surface area (Å²) in [4.78, 5) is 37.6. The lowest BCUT2D eigenvalue weighted by Crippen LogP contribution is -2.27. The fourth-order valence-electron chi connectivity index (χ4n) is 3.04. The maximum absolute atomic E-state index is 14.3. The van der Waals surface area contributed by atoms with Crippen LogP contribution in [-0.2, 0) is 18.8 Å². The minimum absolute atomic E-state index is 0.0301. The van der Waals surface area contributed by atoms with Crippen molar-refractivity contribution in [1.82, 2.24) is 9.13 Å². The highest BCUT2D eigenvalue weighted by atomic mass is 35.5. The number of nitrogens with zero attached hydrogens (tertiary/aromatic N) is 2. The molecule has 9 heteroatoms. The van der Waals surface area contributed by atoms with Crippen molar-refractivity contribution in [3.05, 3.63) is 66.9 Å². The van der Waals surface area contributed by atoms with Crippen LogP contribution >= 0.6 is 11.6 Å². The van der Waals surface area contributed by atoms with Crippen LogP contribution in [0, 0.1) is 12.7 Å². The number of aromatic nitrogens is 2. The van der Waals surface area contributed by atoms with Crippen LogP contribution in [-0.4, -0.2) is 22.2 Å². The molecule has 0 radical (unpaired) electrons. The van der Waals surface area contributed by atoms with Crippen molar-refractivity contribution >= 4 is 40.0 Å². The number of methoxy groups -OCH3 is 1. The number of hydrogen-bond donors (Lipinski definition) is 1. The molecule has 0 bridgehead atoms. The van der Waals surface area contributed by atoms with Gasteiger partial charge in [-0.1, -0.05) is 17.7 Å². The molecule has 2 heterocycles. The van der Waals surface area contributed by atoms with Gasteiger partial charge >= 0.3 is 5.97 Å². The highest BCUT2D eigenvalue weighted by Gasteiger charge is 2.23. The largest absolute Gasteiger partial charge is 0.465 e. The number of fused-ring (bicyclic) bond motifs is 1. The summed E-state index contributed by atoms with van der Waals surface area (Å²) < 4.78 is 21.6. The molecule has 0 saturated heterocycles. The van der Waals surface area contributed by atoms with E-state index in [1.807, 2.05) is 0 Å². The van der Waals surface area contributed by atoms with Gasteiger partial charge in [0.1, 0.15) is 22.1 Å². The summed E-state index contributed by atoms with van der Waals surface area (Å²) >= 11 is 6.22. The minimum atomic E-state index is -0.833. The maximum atomic E-state index is 14.3. The predicted octanol–water partition coefficient (Wildman–Crippen LogP) is 2.87. The van der Waals surface area contributed by atoms with Crippen LogP contribution in [0.3, 0.4) is 0 Å². The van der Waals surface area contributed by atoms with E-state index in [0.717, 1.165) is 7.11 Å². The summed E-state index contributed by atoms with van der Waals surface area (Å²) in [7, 11) is 4.17. The van der Waals surface area contributed by atoms with Crippen LogP contribution in [0.2, 0.25) is 5.02 Å². The third-order valence-corrected chi connectivity index (χ3v) is 4.77. The zero-order valence-corrected chi connectivity index (χ0v) is 16.3. The molecule has 1 N–H and O–H groups in total. The molecule has 0 aliphatic rings. The molecule has 28 heavy (non-hydrogen) atoms. The Morgan fingerprint density at radius 2 is 1.93 bits per heavy atom. The Morgan fingerprint density at radius 1 is 1.25 bits per heavy atom. The molecule has 0 aliphatic heterocycles. The van der Waals surface area contributed by atoms with E-state index in [1.165, 1.54) is 34.5 Å². The molecule has 0 amide bonds. The zero-order valence-electron chi connectivity index (χ0n) is 15.6. The third kappa shape index (κ3) is 3.05. The first-order valence-electron chi connectivity index (χ1n) is 8.20. The van der Waals surface area contributed by atoms with Gasteiger partial charge in [0.2, 0.25) is 5.43 Å². The first-order valence-corrected chi connectivity index (χ1v) is 8.58. The molecule has 3 rings (SSSR count). The number of carbonyl (C=O) groups excluding carboxylic acids is 1. The molecule has 0 fully saturated rings. The van der Waals surface area contributed by atoms with Crippen LogP contribution < -0.4 is 16.3 Å². The average molecular weight is 406 g/mol. The molecule has 0 spiro atoms. The molecule has 1 aromatic carbocycles. The van der Waals surface area contributed by atoms with Gasteiger partial charge in [0.05, 0.1) is 23.9 Å². The number of aryl methyl sites for hydroxylation is 3. The van der Waals surface area contributed by atoms with Crippen molar-refractivity contribution in [2.45, 2.75) is 6.92 Å². The van der Waals surface area contributed by atoms with Gasteiger partial charge in [-0.2, -0.15) is 0 Å². The lowest BCUT2D eigenvalue weighted by molar-refractivity contribution is 0.0598. The molecule has 2 aromatic heterocycles. The second kappa shape index (κ2) is 7.12. The number of pyridine rings is 2. The molecule has 7 nitrogen and oxygen atoms in total. The van der Waals surface area contributed by atoms with E-state index in [1.54, 1.807) is 20.0 Å². The number of hydrogen-bond acceptors (Lipinski definition) is 5. The number of ether oxygens (including phenoxy) is 1. The van der Waals surface area contributed by atoms with Gasteiger partial charge in [-0.05, 0) is 24.6 Å². The van der Waals surface area contributed by atoms with Gasteiger partial charge in [0, 0.05) is 20.3 Å². The standard InChI is InChI=1S/C19H17ClFN3O4/c1-9-5-6-12(11(21)7-9)22-15-13-16(25)10(19(27)28-4)8-23(2)17(13)24(3)18(26)14(15)20/h5-8,22H,1-4H3. The summed E-state index contributed by atoms with van der Waals surface area (Å²) in [5.74, 6) is -1.41. The van der Waals surface area contributed by atoms with E-state index in [0.29, 0.717) is 5.56 Å². The summed E-state index contributed by atoms with van der Waals surface area (Å²) in [6.45, 7) is 1.73. The second-order valence-electron chi connectivity index (χ2n) is 6.33. The number of nitrogens with one attached hydrogen (secondary N) is 1. The molecule has 146 valence electrons. The number of esters is 1. The monoisotopic (exact) mass is 405 g/mol. The Morgan fingerprint density at radius 3 is 2.54 bits per heavy atom. The first-order chi connectivity index (χ1) is 13.2. The highest BCUT2D eigenvalue weighted by molar-refractivity contribution is 6.34. The van der Waals surface area contributed by atoms with Crippen LogP contribution in [0.1, 0.15) is 15.9 Å². The number of rotatable bonds is 3. The lowest BCUT2D eigenvalue weighted by atomic mass is 10.1. The molecular weight excluding hydrogens is 389 g/mol. The van der Waals surface area contributed by atoms with Crippen molar-refractivity contribution < 1.29 is 13.9 Å². The maximum Gasteiger partial charge on any atom is 0.343 e. The van der Waals surface area contributed by atoms with Crippen LogP contribution in [0.15, 0.2) is 34.0 Å². The van der Waals surface area contributed by atoms with Crippen molar-refractivity contribution in [3.8, 4) is 0 Å². The van der Waals surface area contributed by atoms with E-state index in [-0.39, 0.29) is 33.0 Å². The van der Waals surface area contributed by atoms with Crippen LogP contribution in [0.5, 0.6) is 0 Å². The molecule has 0 atom stereocenters. The summed E-state index contributed by atoms with van der Waals surface area (Å²) in [6, 6.07) is 4.44. The van der Waals surface area contributed by atoms with E-state index < -0.39 is 22.8 Å². The number of halogens is 2.